The van der Waals surface area contributed by atoms with Gasteiger partial charge < -0.3 is 0 Å². The van der Waals surface area contributed by atoms with Gasteiger partial charge in [0.15, 0.2) is 0 Å². The third-order valence-electron chi connectivity index (χ3n) is 1.69. The van der Waals surface area contributed by atoms with Gasteiger partial charge in [-0.15, -0.1) is 11.6 Å². The molecule has 0 N–H and O–H groups in total. The van der Waals surface area contributed by atoms with E-state index in [2.05, 4.69) is 39.8 Å². The highest BCUT2D eigenvalue weighted by Crippen LogP contribution is 2.13. The van der Waals surface area contributed by atoms with Crippen LogP contribution in [-0.2, 0) is 0 Å². The molecule has 0 rings (SSSR count). The lowest BCUT2D eigenvalue weighted by atomic mass is 10.0. The smallest absolute Gasteiger partial charge is 0.0406 e. The minimum atomic E-state index is 0.632. The highest BCUT2D eigenvalue weighted by molar-refractivity contribution is 6.18. The standard InChI is InChI=1S/C11H19Cl/c1-9(2)7-11(4)8-10(3)5-6-12/h5,7,11H,6,8H2,1-4H3/b10-5-. The Morgan fingerprint density at radius 3 is 2.33 bits per heavy atom. The average molecular weight is 187 g/mol. The van der Waals surface area contributed by atoms with Gasteiger partial charge in [-0.2, -0.15) is 0 Å². The first kappa shape index (κ1) is 11.8. The number of hydrogen-bond donors (Lipinski definition) is 0. The Hall–Kier alpha value is -0.230. The van der Waals surface area contributed by atoms with Crippen molar-refractivity contribution < 1.29 is 0 Å². The Bertz CT molecular complexity index is 173. The lowest BCUT2D eigenvalue weighted by Crippen LogP contribution is -1.91. The quantitative estimate of drug-likeness (QED) is 0.457. The maximum Gasteiger partial charge on any atom is 0.0406 e. The zero-order chi connectivity index (χ0) is 9.56. The highest BCUT2D eigenvalue weighted by Gasteiger charge is 1.98. The van der Waals surface area contributed by atoms with E-state index in [0.29, 0.717) is 11.8 Å². The van der Waals surface area contributed by atoms with E-state index in [1.165, 1.54) is 11.1 Å². The largest absolute Gasteiger partial charge is 0.122 e. The summed E-state index contributed by atoms with van der Waals surface area (Å²) in [5.74, 6) is 1.27. The van der Waals surface area contributed by atoms with Crippen LogP contribution in [0.3, 0.4) is 0 Å². The van der Waals surface area contributed by atoms with Gasteiger partial charge in [-0.05, 0) is 33.1 Å². The molecule has 0 fully saturated rings. The van der Waals surface area contributed by atoms with Crippen molar-refractivity contribution in [3.63, 3.8) is 0 Å². The Labute approximate surface area is 81.3 Å². The van der Waals surface area contributed by atoms with E-state index in [1.54, 1.807) is 0 Å². The van der Waals surface area contributed by atoms with Gasteiger partial charge in [0, 0.05) is 5.88 Å². The van der Waals surface area contributed by atoms with Gasteiger partial charge in [-0.1, -0.05) is 30.2 Å². The number of halogens is 1. The molecule has 12 heavy (non-hydrogen) atoms. The summed E-state index contributed by atoms with van der Waals surface area (Å²) in [6.07, 6.45) is 5.50. The molecular formula is C11H19Cl. The summed E-state index contributed by atoms with van der Waals surface area (Å²) < 4.78 is 0. The van der Waals surface area contributed by atoms with Crippen LogP contribution < -0.4 is 0 Å². The van der Waals surface area contributed by atoms with Gasteiger partial charge in [0.05, 0.1) is 0 Å². The Morgan fingerprint density at radius 2 is 1.92 bits per heavy atom. The predicted octanol–water partition coefficient (Wildman–Crippen LogP) is 4.16. The molecule has 0 aromatic carbocycles. The normalized spacial score (nSPS) is 14.2. The van der Waals surface area contributed by atoms with Gasteiger partial charge in [0.2, 0.25) is 0 Å². The number of rotatable bonds is 4. The highest BCUT2D eigenvalue weighted by atomic mass is 35.5. The molecule has 0 amide bonds. The van der Waals surface area contributed by atoms with Gasteiger partial charge in [0.25, 0.3) is 0 Å². The molecule has 0 heterocycles. The first-order chi connectivity index (χ1) is 5.56. The topological polar surface area (TPSA) is 0 Å². The third-order valence-corrected chi connectivity index (χ3v) is 1.84. The van der Waals surface area contributed by atoms with E-state index >= 15 is 0 Å². The minimum absolute atomic E-state index is 0.632. The molecule has 0 spiro atoms. The van der Waals surface area contributed by atoms with Crippen LogP contribution in [0, 0.1) is 5.92 Å². The van der Waals surface area contributed by atoms with Crippen LogP contribution in [-0.4, -0.2) is 5.88 Å². The predicted molar refractivity (Wildman–Crippen MR) is 57.7 cm³/mol. The fourth-order valence-corrected chi connectivity index (χ4v) is 1.61. The molecule has 1 heteroatoms. The number of alkyl halides is 1. The molecule has 0 radical (unpaired) electrons. The zero-order valence-corrected chi connectivity index (χ0v) is 9.28. The monoisotopic (exact) mass is 186 g/mol. The summed E-state index contributed by atoms with van der Waals surface area (Å²) in [7, 11) is 0. The zero-order valence-electron chi connectivity index (χ0n) is 8.52. The summed E-state index contributed by atoms with van der Waals surface area (Å²) in [6.45, 7) is 8.64. The molecular weight excluding hydrogens is 168 g/mol. The van der Waals surface area contributed by atoms with Crippen molar-refractivity contribution in [2.24, 2.45) is 5.92 Å². The van der Waals surface area contributed by atoms with Crippen LogP contribution in [0.5, 0.6) is 0 Å². The van der Waals surface area contributed by atoms with Crippen LogP contribution in [0.25, 0.3) is 0 Å². The van der Waals surface area contributed by atoms with Crippen LogP contribution in [0.1, 0.15) is 34.1 Å². The molecule has 0 bridgehead atoms. The van der Waals surface area contributed by atoms with E-state index in [0.717, 1.165) is 6.42 Å². The van der Waals surface area contributed by atoms with Crippen molar-refractivity contribution in [2.45, 2.75) is 34.1 Å². The maximum absolute atomic E-state index is 5.59. The van der Waals surface area contributed by atoms with Gasteiger partial charge in [-0.3, -0.25) is 0 Å². The summed E-state index contributed by atoms with van der Waals surface area (Å²) in [4.78, 5) is 0. The molecule has 0 aromatic heterocycles. The van der Waals surface area contributed by atoms with E-state index in [4.69, 9.17) is 11.6 Å². The average Bonchev–Trinajstić information content (AvgIpc) is 1.84. The van der Waals surface area contributed by atoms with Gasteiger partial charge in [-0.25, -0.2) is 0 Å². The fourth-order valence-electron chi connectivity index (χ4n) is 1.35. The molecule has 1 atom stereocenters. The summed E-state index contributed by atoms with van der Waals surface area (Å²) in [5, 5.41) is 0. The Balaban J connectivity index is 3.92. The second kappa shape index (κ2) is 6.30. The first-order valence-electron chi connectivity index (χ1n) is 4.43. The van der Waals surface area contributed by atoms with Gasteiger partial charge >= 0.3 is 0 Å². The molecule has 70 valence electrons. The van der Waals surface area contributed by atoms with Crippen LogP contribution in [0.2, 0.25) is 0 Å². The van der Waals surface area contributed by atoms with E-state index in [1.807, 2.05) is 0 Å². The van der Waals surface area contributed by atoms with Crippen molar-refractivity contribution in [1.82, 2.24) is 0 Å². The first-order valence-corrected chi connectivity index (χ1v) is 4.96. The van der Waals surface area contributed by atoms with Crippen molar-refractivity contribution in [2.75, 3.05) is 5.88 Å². The summed E-state index contributed by atoms with van der Waals surface area (Å²) >= 11 is 5.59. The van der Waals surface area contributed by atoms with Crippen molar-refractivity contribution >= 4 is 11.6 Å². The van der Waals surface area contributed by atoms with Crippen LogP contribution >= 0.6 is 11.6 Å². The molecule has 0 aliphatic heterocycles. The molecule has 1 unspecified atom stereocenters. The van der Waals surface area contributed by atoms with E-state index in [9.17, 15) is 0 Å². The maximum atomic E-state index is 5.59. The summed E-state index contributed by atoms with van der Waals surface area (Å²) in [5.41, 5.74) is 2.77. The lowest BCUT2D eigenvalue weighted by Gasteiger charge is -2.06. The second-order valence-corrected chi connectivity index (χ2v) is 3.94. The lowest BCUT2D eigenvalue weighted by molar-refractivity contribution is 0.710. The van der Waals surface area contributed by atoms with Crippen LogP contribution in [0.15, 0.2) is 23.3 Å². The second-order valence-electron chi connectivity index (χ2n) is 3.63. The Morgan fingerprint density at radius 1 is 1.33 bits per heavy atom. The molecule has 0 aromatic rings. The molecule has 0 saturated heterocycles. The van der Waals surface area contributed by atoms with E-state index < -0.39 is 0 Å². The number of hydrogen-bond acceptors (Lipinski definition) is 0. The molecule has 0 aliphatic carbocycles. The van der Waals surface area contributed by atoms with E-state index in [-0.39, 0.29) is 0 Å². The van der Waals surface area contributed by atoms with Crippen molar-refractivity contribution in [1.29, 1.82) is 0 Å². The van der Waals surface area contributed by atoms with Crippen molar-refractivity contribution in [3.05, 3.63) is 23.3 Å². The fraction of sp³-hybridized carbons (Fsp3) is 0.636. The van der Waals surface area contributed by atoms with Crippen molar-refractivity contribution in [3.8, 4) is 0 Å². The SMILES string of the molecule is CC(C)=CC(C)C/C(C)=C\CCl. The van der Waals surface area contributed by atoms with Gasteiger partial charge in [0.1, 0.15) is 0 Å². The minimum Gasteiger partial charge on any atom is -0.122 e. The molecule has 0 nitrogen and oxygen atoms in total. The third kappa shape index (κ3) is 6.48. The molecule has 0 aliphatic rings. The number of allylic oxidation sites excluding steroid dienone is 4. The van der Waals surface area contributed by atoms with Crippen LogP contribution in [0.4, 0.5) is 0 Å². The summed E-state index contributed by atoms with van der Waals surface area (Å²) in [6, 6.07) is 0. The Kier molecular flexibility index (Phi) is 6.18. The molecule has 0 saturated carbocycles.